The lowest BCUT2D eigenvalue weighted by Crippen LogP contribution is -1.96. The van der Waals surface area contributed by atoms with Gasteiger partial charge in [-0.2, -0.15) is 0 Å². The second-order valence-corrected chi connectivity index (χ2v) is 5.38. The molecule has 0 N–H and O–H groups in total. The van der Waals surface area contributed by atoms with Gasteiger partial charge >= 0.3 is 0 Å². The molecule has 0 aliphatic heterocycles. The highest BCUT2D eigenvalue weighted by Gasteiger charge is 2.12. The van der Waals surface area contributed by atoms with Crippen molar-refractivity contribution in [1.82, 2.24) is 0 Å². The largest absolute Gasteiger partial charge is 0.496 e. The standard InChI is InChI=1S/C18H22O/c1-12(2)16-11-17(14(4)10-13(16)3)15-8-6-7-9-18(15)19-5/h6-12H,1-5H3. The van der Waals surface area contributed by atoms with Crippen LogP contribution in [0.15, 0.2) is 36.4 Å². The summed E-state index contributed by atoms with van der Waals surface area (Å²) in [6.07, 6.45) is 0. The molecule has 0 aromatic heterocycles. The molecule has 0 unspecified atom stereocenters. The van der Waals surface area contributed by atoms with Crippen LogP contribution in [0, 0.1) is 13.8 Å². The Kier molecular flexibility index (Phi) is 3.94. The Morgan fingerprint density at radius 1 is 0.895 bits per heavy atom. The Balaban J connectivity index is 2.65. The zero-order valence-electron chi connectivity index (χ0n) is 12.4. The van der Waals surface area contributed by atoms with E-state index in [2.05, 4.69) is 52.0 Å². The smallest absolute Gasteiger partial charge is 0.126 e. The maximum atomic E-state index is 5.49. The number of benzene rings is 2. The number of hydrogen-bond acceptors (Lipinski definition) is 1. The predicted octanol–water partition coefficient (Wildman–Crippen LogP) is 5.10. The van der Waals surface area contributed by atoms with E-state index in [-0.39, 0.29) is 0 Å². The molecule has 100 valence electrons. The first-order valence-corrected chi connectivity index (χ1v) is 6.79. The van der Waals surface area contributed by atoms with Crippen molar-refractivity contribution in [3.8, 4) is 16.9 Å². The van der Waals surface area contributed by atoms with E-state index in [0.717, 1.165) is 5.75 Å². The van der Waals surface area contributed by atoms with E-state index in [1.54, 1.807) is 7.11 Å². The third-order valence-corrected chi connectivity index (χ3v) is 3.63. The molecule has 0 saturated heterocycles. The van der Waals surface area contributed by atoms with E-state index < -0.39 is 0 Å². The highest BCUT2D eigenvalue weighted by molar-refractivity contribution is 5.74. The fourth-order valence-corrected chi connectivity index (χ4v) is 2.65. The average Bonchev–Trinajstić information content (AvgIpc) is 2.38. The maximum Gasteiger partial charge on any atom is 0.126 e. The summed E-state index contributed by atoms with van der Waals surface area (Å²) in [5, 5.41) is 0. The topological polar surface area (TPSA) is 9.23 Å². The molecule has 0 saturated carbocycles. The second kappa shape index (κ2) is 5.48. The highest BCUT2D eigenvalue weighted by atomic mass is 16.5. The summed E-state index contributed by atoms with van der Waals surface area (Å²) in [6, 6.07) is 12.8. The molecule has 0 heterocycles. The molecule has 0 spiro atoms. The minimum absolute atomic E-state index is 0.536. The number of hydrogen-bond donors (Lipinski definition) is 0. The van der Waals surface area contributed by atoms with Crippen molar-refractivity contribution in [1.29, 1.82) is 0 Å². The summed E-state index contributed by atoms with van der Waals surface area (Å²) < 4.78 is 5.49. The molecular formula is C18H22O. The van der Waals surface area contributed by atoms with Gasteiger partial charge in [-0.05, 0) is 48.1 Å². The van der Waals surface area contributed by atoms with Gasteiger partial charge in [0.25, 0.3) is 0 Å². The third-order valence-electron chi connectivity index (χ3n) is 3.63. The van der Waals surface area contributed by atoms with Crippen molar-refractivity contribution in [2.24, 2.45) is 0 Å². The summed E-state index contributed by atoms with van der Waals surface area (Å²) in [5.41, 5.74) is 6.51. The van der Waals surface area contributed by atoms with Crippen LogP contribution in [0.5, 0.6) is 5.75 Å². The molecule has 1 heteroatoms. The minimum Gasteiger partial charge on any atom is -0.496 e. The summed E-state index contributed by atoms with van der Waals surface area (Å²) in [6.45, 7) is 8.83. The first kappa shape index (κ1) is 13.7. The van der Waals surface area contributed by atoms with Gasteiger partial charge in [0, 0.05) is 5.56 Å². The Morgan fingerprint density at radius 2 is 1.58 bits per heavy atom. The number of para-hydroxylation sites is 1. The van der Waals surface area contributed by atoms with Gasteiger partial charge in [0.05, 0.1) is 7.11 Å². The maximum absolute atomic E-state index is 5.49. The lowest BCUT2D eigenvalue weighted by atomic mass is 9.90. The number of methoxy groups -OCH3 is 1. The summed E-state index contributed by atoms with van der Waals surface area (Å²) in [5.74, 6) is 1.47. The van der Waals surface area contributed by atoms with Crippen LogP contribution >= 0.6 is 0 Å². The van der Waals surface area contributed by atoms with Crippen LogP contribution in [-0.4, -0.2) is 7.11 Å². The van der Waals surface area contributed by atoms with Crippen LogP contribution < -0.4 is 4.74 Å². The predicted molar refractivity (Wildman–Crippen MR) is 82.0 cm³/mol. The van der Waals surface area contributed by atoms with Crippen molar-refractivity contribution in [3.63, 3.8) is 0 Å². The van der Waals surface area contributed by atoms with Crippen molar-refractivity contribution in [2.45, 2.75) is 33.6 Å². The molecule has 2 rings (SSSR count). The third kappa shape index (κ3) is 2.65. The van der Waals surface area contributed by atoms with E-state index in [1.807, 2.05) is 12.1 Å². The number of ether oxygens (including phenoxy) is 1. The molecule has 0 atom stereocenters. The Hall–Kier alpha value is -1.76. The molecule has 0 fully saturated rings. The Bertz CT molecular complexity index is 582. The van der Waals surface area contributed by atoms with Gasteiger partial charge in [0.15, 0.2) is 0 Å². The van der Waals surface area contributed by atoms with Crippen LogP contribution in [-0.2, 0) is 0 Å². The van der Waals surface area contributed by atoms with Gasteiger partial charge < -0.3 is 4.74 Å². The van der Waals surface area contributed by atoms with Crippen LogP contribution in [0.3, 0.4) is 0 Å². The summed E-state index contributed by atoms with van der Waals surface area (Å²) in [7, 11) is 1.73. The van der Waals surface area contributed by atoms with E-state index in [0.29, 0.717) is 5.92 Å². The van der Waals surface area contributed by atoms with Crippen molar-refractivity contribution < 1.29 is 4.74 Å². The molecule has 0 aliphatic rings. The lowest BCUT2D eigenvalue weighted by Gasteiger charge is -2.16. The van der Waals surface area contributed by atoms with Gasteiger partial charge in [-0.1, -0.05) is 44.2 Å². The SMILES string of the molecule is COc1ccccc1-c1cc(C(C)C)c(C)cc1C. The van der Waals surface area contributed by atoms with Crippen LogP contribution in [0.4, 0.5) is 0 Å². The van der Waals surface area contributed by atoms with E-state index in [4.69, 9.17) is 4.74 Å². The first-order valence-electron chi connectivity index (χ1n) is 6.79. The fraction of sp³-hybridized carbons (Fsp3) is 0.333. The van der Waals surface area contributed by atoms with E-state index >= 15 is 0 Å². The molecule has 19 heavy (non-hydrogen) atoms. The van der Waals surface area contributed by atoms with E-state index in [9.17, 15) is 0 Å². The molecule has 1 nitrogen and oxygen atoms in total. The normalized spacial score (nSPS) is 10.8. The summed E-state index contributed by atoms with van der Waals surface area (Å²) >= 11 is 0. The van der Waals surface area contributed by atoms with Gasteiger partial charge in [0.2, 0.25) is 0 Å². The molecule has 0 aliphatic carbocycles. The molecule has 0 radical (unpaired) electrons. The molecule has 2 aromatic carbocycles. The van der Waals surface area contributed by atoms with Gasteiger partial charge in [-0.3, -0.25) is 0 Å². The zero-order valence-corrected chi connectivity index (χ0v) is 12.4. The monoisotopic (exact) mass is 254 g/mol. The molecular weight excluding hydrogens is 232 g/mol. The molecule has 0 amide bonds. The average molecular weight is 254 g/mol. The minimum atomic E-state index is 0.536. The fourth-order valence-electron chi connectivity index (χ4n) is 2.65. The number of rotatable bonds is 3. The Labute approximate surface area is 116 Å². The van der Waals surface area contributed by atoms with Gasteiger partial charge in [-0.25, -0.2) is 0 Å². The quantitative estimate of drug-likeness (QED) is 0.740. The van der Waals surface area contributed by atoms with Gasteiger partial charge in [-0.15, -0.1) is 0 Å². The number of aryl methyl sites for hydroxylation is 2. The molecule has 2 aromatic rings. The van der Waals surface area contributed by atoms with Crippen molar-refractivity contribution in [2.75, 3.05) is 7.11 Å². The first-order chi connectivity index (χ1) is 9.04. The molecule has 0 bridgehead atoms. The van der Waals surface area contributed by atoms with Crippen LogP contribution in [0.1, 0.15) is 36.5 Å². The van der Waals surface area contributed by atoms with Crippen LogP contribution in [0.25, 0.3) is 11.1 Å². The van der Waals surface area contributed by atoms with Crippen LogP contribution in [0.2, 0.25) is 0 Å². The lowest BCUT2D eigenvalue weighted by molar-refractivity contribution is 0.416. The zero-order chi connectivity index (χ0) is 14.0. The van der Waals surface area contributed by atoms with Gasteiger partial charge in [0.1, 0.15) is 5.75 Å². The Morgan fingerprint density at radius 3 is 2.21 bits per heavy atom. The van der Waals surface area contributed by atoms with Crippen molar-refractivity contribution in [3.05, 3.63) is 53.1 Å². The van der Waals surface area contributed by atoms with Crippen molar-refractivity contribution >= 4 is 0 Å². The van der Waals surface area contributed by atoms with E-state index in [1.165, 1.54) is 27.8 Å². The summed E-state index contributed by atoms with van der Waals surface area (Å²) in [4.78, 5) is 0. The highest BCUT2D eigenvalue weighted by Crippen LogP contribution is 2.35. The second-order valence-electron chi connectivity index (χ2n) is 5.38.